The molecule has 1 N–H and O–H groups in total. The van der Waals surface area contributed by atoms with Gasteiger partial charge in [0, 0.05) is 26.9 Å². The lowest BCUT2D eigenvalue weighted by atomic mass is 10.1. The molecule has 1 aliphatic heterocycles. The SMILES string of the molecule is Cc1ccc(NC(=O)CCC(=O)C(C#N)=C2N(C)c3ccccc3N2C)c(OCc2ccccc2)c1. The minimum Gasteiger partial charge on any atom is -0.487 e. The number of hydrogen-bond acceptors (Lipinski definition) is 6. The fraction of sp³-hybridized carbons (Fsp3) is 0.207. The lowest BCUT2D eigenvalue weighted by molar-refractivity contribution is -0.120. The van der Waals surface area contributed by atoms with E-state index < -0.39 is 0 Å². The van der Waals surface area contributed by atoms with Crippen LogP contribution in [0.3, 0.4) is 0 Å². The maximum Gasteiger partial charge on any atom is 0.224 e. The summed E-state index contributed by atoms with van der Waals surface area (Å²) in [6.45, 7) is 2.32. The van der Waals surface area contributed by atoms with Crippen LogP contribution in [0.2, 0.25) is 0 Å². The zero-order valence-corrected chi connectivity index (χ0v) is 20.6. The molecular formula is C29H28N4O3. The molecule has 0 unspecified atom stereocenters. The van der Waals surface area contributed by atoms with Crippen LogP contribution in [-0.4, -0.2) is 25.8 Å². The van der Waals surface area contributed by atoms with E-state index in [9.17, 15) is 14.9 Å². The number of benzene rings is 3. The van der Waals surface area contributed by atoms with E-state index in [1.165, 1.54) is 0 Å². The fourth-order valence-electron chi connectivity index (χ4n) is 4.21. The third kappa shape index (κ3) is 5.23. The number of amides is 1. The van der Waals surface area contributed by atoms with Gasteiger partial charge in [-0.15, -0.1) is 0 Å². The fourth-order valence-corrected chi connectivity index (χ4v) is 4.21. The van der Waals surface area contributed by atoms with Gasteiger partial charge in [-0.25, -0.2) is 0 Å². The van der Waals surface area contributed by atoms with Crippen LogP contribution in [0.25, 0.3) is 0 Å². The van der Waals surface area contributed by atoms with Crippen molar-refractivity contribution < 1.29 is 14.3 Å². The van der Waals surface area contributed by atoms with E-state index in [4.69, 9.17) is 4.74 Å². The molecule has 3 aromatic carbocycles. The molecular weight excluding hydrogens is 452 g/mol. The minimum absolute atomic E-state index is 0.0335. The van der Waals surface area contributed by atoms with E-state index in [0.717, 1.165) is 22.5 Å². The molecule has 0 spiro atoms. The number of nitrogens with one attached hydrogen (secondary N) is 1. The van der Waals surface area contributed by atoms with Crippen LogP contribution in [0, 0.1) is 18.3 Å². The molecule has 36 heavy (non-hydrogen) atoms. The van der Waals surface area contributed by atoms with Crippen molar-refractivity contribution in [1.82, 2.24) is 0 Å². The van der Waals surface area contributed by atoms with Crippen LogP contribution in [0.15, 0.2) is 84.2 Å². The van der Waals surface area contributed by atoms with Gasteiger partial charge in [-0.05, 0) is 42.3 Å². The standard InChI is InChI=1S/C29H28N4O3/c1-20-13-14-23(27(17-20)36-19-21-9-5-4-6-10-21)31-28(35)16-15-26(34)22(18-30)29-32(2)24-11-7-8-12-25(24)33(29)3/h4-14,17H,15-16,19H2,1-3H3,(H,31,35). The Morgan fingerprint density at radius 1 is 0.917 bits per heavy atom. The number of allylic oxidation sites excluding steroid dienone is 1. The molecule has 7 heteroatoms. The number of carbonyl (C=O) groups is 2. The quantitative estimate of drug-likeness (QED) is 0.353. The summed E-state index contributed by atoms with van der Waals surface area (Å²) in [5.41, 5.74) is 4.42. The first-order valence-corrected chi connectivity index (χ1v) is 11.7. The number of rotatable bonds is 8. The average Bonchev–Trinajstić information content (AvgIpc) is 3.14. The summed E-state index contributed by atoms with van der Waals surface area (Å²) < 4.78 is 5.96. The highest BCUT2D eigenvalue weighted by Gasteiger charge is 2.31. The predicted octanol–water partition coefficient (Wildman–Crippen LogP) is 5.18. The Morgan fingerprint density at radius 2 is 1.56 bits per heavy atom. The number of ether oxygens (including phenoxy) is 1. The van der Waals surface area contributed by atoms with E-state index in [1.807, 2.05) is 97.5 Å². The third-order valence-corrected chi connectivity index (χ3v) is 6.08. The van der Waals surface area contributed by atoms with Gasteiger partial charge in [-0.2, -0.15) is 5.26 Å². The van der Waals surface area contributed by atoms with Gasteiger partial charge in [0.2, 0.25) is 5.91 Å². The zero-order valence-electron chi connectivity index (χ0n) is 20.6. The van der Waals surface area contributed by atoms with Crippen LogP contribution < -0.4 is 19.9 Å². The second-order valence-corrected chi connectivity index (χ2v) is 8.66. The first kappa shape index (κ1) is 24.6. The Bertz CT molecular complexity index is 1330. The van der Waals surface area contributed by atoms with Crippen molar-refractivity contribution in [3.63, 3.8) is 0 Å². The molecule has 7 nitrogen and oxygen atoms in total. The lowest BCUT2D eigenvalue weighted by Crippen LogP contribution is -2.26. The number of nitriles is 1. The number of anilines is 3. The Labute approximate surface area is 211 Å². The van der Waals surface area contributed by atoms with Gasteiger partial charge >= 0.3 is 0 Å². The molecule has 0 saturated carbocycles. The number of aryl methyl sites for hydroxylation is 1. The molecule has 1 aliphatic rings. The monoisotopic (exact) mass is 480 g/mol. The molecule has 0 radical (unpaired) electrons. The molecule has 0 atom stereocenters. The maximum absolute atomic E-state index is 13.0. The minimum atomic E-state index is -0.376. The van der Waals surface area contributed by atoms with Crippen LogP contribution >= 0.6 is 0 Å². The van der Waals surface area contributed by atoms with Crippen LogP contribution in [0.1, 0.15) is 24.0 Å². The van der Waals surface area contributed by atoms with Crippen LogP contribution in [0.4, 0.5) is 17.1 Å². The highest BCUT2D eigenvalue weighted by atomic mass is 16.5. The molecule has 0 fully saturated rings. The summed E-state index contributed by atoms with van der Waals surface area (Å²) in [4.78, 5) is 29.4. The summed E-state index contributed by atoms with van der Waals surface area (Å²) in [7, 11) is 3.65. The van der Waals surface area contributed by atoms with Gasteiger partial charge in [0.25, 0.3) is 0 Å². The number of ketones is 1. The second-order valence-electron chi connectivity index (χ2n) is 8.66. The topological polar surface area (TPSA) is 85.7 Å². The Morgan fingerprint density at radius 3 is 2.19 bits per heavy atom. The Balaban J connectivity index is 1.42. The van der Waals surface area contributed by atoms with E-state index in [0.29, 0.717) is 23.9 Å². The van der Waals surface area contributed by atoms with E-state index >= 15 is 0 Å². The average molecular weight is 481 g/mol. The molecule has 0 bridgehead atoms. The number of nitrogens with zero attached hydrogens (tertiary/aromatic N) is 3. The molecule has 0 saturated heterocycles. The van der Waals surface area contributed by atoms with Crippen molar-refractivity contribution >= 4 is 28.8 Å². The summed E-state index contributed by atoms with van der Waals surface area (Å²) in [6.07, 6.45) is -0.133. The molecule has 1 heterocycles. The Kier molecular flexibility index (Phi) is 7.36. The van der Waals surface area contributed by atoms with Gasteiger partial charge in [-0.3, -0.25) is 9.59 Å². The molecule has 0 aromatic heterocycles. The van der Waals surface area contributed by atoms with Crippen LogP contribution in [-0.2, 0) is 16.2 Å². The van der Waals surface area contributed by atoms with E-state index in [-0.39, 0.29) is 30.1 Å². The van der Waals surface area contributed by atoms with Gasteiger partial charge in [-0.1, -0.05) is 48.5 Å². The normalized spacial score (nSPS) is 12.1. The van der Waals surface area contributed by atoms with E-state index in [1.54, 1.807) is 6.07 Å². The first-order valence-electron chi connectivity index (χ1n) is 11.7. The highest BCUT2D eigenvalue weighted by molar-refractivity contribution is 6.04. The summed E-state index contributed by atoms with van der Waals surface area (Å²) in [6, 6.07) is 25.1. The van der Waals surface area contributed by atoms with Crippen molar-refractivity contribution in [2.75, 3.05) is 29.2 Å². The lowest BCUT2D eigenvalue weighted by Gasteiger charge is -2.20. The van der Waals surface area contributed by atoms with Crippen molar-refractivity contribution in [2.45, 2.75) is 26.4 Å². The van der Waals surface area contributed by atoms with Gasteiger partial charge in [0.05, 0.1) is 17.1 Å². The Hall–Kier alpha value is -4.57. The van der Waals surface area contributed by atoms with Crippen molar-refractivity contribution in [1.29, 1.82) is 5.26 Å². The number of fused-ring (bicyclic) bond motifs is 1. The third-order valence-electron chi connectivity index (χ3n) is 6.08. The van der Waals surface area contributed by atoms with Crippen LogP contribution in [0.5, 0.6) is 5.75 Å². The summed E-state index contributed by atoms with van der Waals surface area (Å²) in [5.74, 6) is 0.374. The smallest absolute Gasteiger partial charge is 0.224 e. The summed E-state index contributed by atoms with van der Waals surface area (Å²) in [5, 5.41) is 12.6. The molecule has 3 aromatic rings. The number of hydrogen-bond donors (Lipinski definition) is 1. The zero-order chi connectivity index (χ0) is 25.7. The van der Waals surface area contributed by atoms with Crippen molar-refractivity contribution in [3.05, 3.63) is 95.3 Å². The molecule has 1 amide bonds. The van der Waals surface area contributed by atoms with Crippen molar-refractivity contribution in [2.24, 2.45) is 0 Å². The maximum atomic E-state index is 13.0. The first-order chi connectivity index (χ1) is 17.4. The second kappa shape index (κ2) is 10.8. The molecule has 4 rings (SSSR count). The largest absolute Gasteiger partial charge is 0.487 e. The highest BCUT2D eigenvalue weighted by Crippen LogP contribution is 2.40. The molecule has 0 aliphatic carbocycles. The van der Waals surface area contributed by atoms with Crippen molar-refractivity contribution in [3.8, 4) is 11.8 Å². The van der Waals surface area contributed by atoms with Gasteiger partial charge < -0.3 is 19.9 Å². The summed E-state index contributed by atoms with van der Waals surface area (Å²) >= 11 is 0. The van der Waals surface area contributed by atoms with Gasteiger partial charge in [0.1, 0.15) is 29.8 Å². The predicted molar refractivity (Wildman–Crippen MR) is 141 cm³/mol. The number of Topliss-reactive ketones (excluding diaryl/α,β-unsaturated/α-hetero) is 1. The van der Waals surface area contributed by atoms with E-state index in [2.05, 4.69) is 11.4 Å². The molecule has 182 valence electrons. The van der Waals surface area contributed by atoms with Gasteiger partial charge in [0.15, 0.2) is 5.78 Å². The number of carbonyl (C=O) groups excluding carboxylic acids is 2. The number of para-hydroxylation sites is 2.